The molecule has 2 fully saturated rings. The molecule has 158 valence electrons. The van der Waals surface area contributed by atoms with Crippen LogP contribution in [0.25, 0.3) is 0 Å². The largest absolute Gasteiger partial charge is 0.379 e. The van der Waals surface area contributed by atoms with E-state index in [4.69, 9.17) is 16.3 Å². The highest BCUT2D eigenvalue weighted by Gasteiger charge is 2.27. The molecule has 2 N–H and O–H groups in total. The SMILES string of the molecule is CN=C(NCC(c1ccccc1Cl)N1CCOCC1)NC1CCC(SC)C1.I. The van der Waals surface area contributed by atoms with Crippen molar-refractivity contribution in [1.82, 2.24) is 15.5 Å². The lowest BCUT2D eigenvalue weighted by atomic mass is 10.0. The number of nitrogens with one attached hydrogen (secondary N) is 2. The molecular formula is C20H32ClIN4OS. The Hall–Kier alpha value is -0.220. The van der Waals surface area contributed by atoms with Crippen LogP contribution in [-0.4, -0.2) is 68.3 Å². The van der Waals surface area contributed by atoms with Crippen LogP contribution in [-0.2, 0) is 4.74 Å². The Labute approximate surface area is 195 Å². The van der Waals surface area contributed by atoms with Gasteiger partial charge in [-0.15, -0.1) is 24.0 Å². The zero-order valence-electron chi connectivity index (χ0n) is 16.7. The molecule has 3 rings (SSSR count). The lowest BCUT2D eigenvalue weighted by Crippen LogP contribution is -2.48. The fraction of sp³-hybridized carbons (Fsp3) is 0.650. The van der Waals surface area contributed by atoms with Gasteiger partial charge in [0.25, 0.3) is 0 Å². The lowest BCUT2D eigenvalue weighted by Gasteiger charge is -2.35. The van der Waals surface area contributed by atoms with Crippen LogP contribution < -0.4 is 10.6 Å². The van der Waals surface area contributed by atoms with Gasteiger partial charge in [-0.1, -0.05) is 29.8 Å². The van der Waals surface area contributed by atoms with E-state index in [2.05, 4.69) is 38.9 Å². The number of hydrogen-bond donors (Lipinski definition) is 2. The summed E-state index contributed by atoms with van der Waals surface area (Å²) in [6, 6.07) is 8.85. The molecule has 1 aliphatic heterocycles. The van der Waals surface area contributed by atoms with E-state index in [9.17, 15) is 0 Å². The highest BCUT2D eigenvalue weighted by molar-refractivity contribution is 14.0. The predicted octanol–water partition coefficient (Wildman–Crippen LogP) is 3.78. The molecule has 0 bridgehead atoms. The number of hydrogen-bond acceptors (Lipinski definition) is 4. The van der Waals surface area contributed by atoms with Crippen LogP contribution in [0, 0.1) is 0 Å². The summed E-state index contributed by atoms with van der Waals surface area (Å²) in [4.78, 5) is 6.90. The van der Waals surface area contributed by atoms with E-state index in [1.165, 1.54) is 19.3 Å². The Kier molecular flexibility index (Phi) is 10.7. The van der Waals surface area contributed by atoms with Gasteiger partial charge < -0.3 is 15.4 Å². The van der Waals surface area contributed by atoms with E-state index in [0.717, 1.165) is 54.6 Å². The summed E-state index contributed by atoms with van der Waals surface area (Å²) in [6.45, 7) is 4.14. The second kappa shape index (κ2) is 12.5. The molecule has 3 atom stereocenters. The summed E-state index contributed by atoms with van der Waals surface area (Å²) in [5.74, 6) is 0.882. The van der Waals surface area contributed by atoms with E-state index in [1.54, 1.807) is 0 Å². The van der Waals surface area contributed by atoms with Crippen LogP contribution in [0.4, 0.5) is 0 Å². The minimum absolute atomic E-state index is 0. The van der Waals surface area contributed by atoms with Crippen molar-refractivity contribution in [2.75, 3.05) is 46.2 Å². The molecule has 0 spiro atoms. The summed E-state index contributed by atoms with van der Waals surface area (Å²) in [6.07, 6.45) is 5.91. The first-order chi connectivity index (χ1) is 13.2. The van der Waals surface area contributed by atoms with Crippen LogP contribution in [0.1, 0.15) is 30.9 Å². The van der Waals surface area contributed by atoms with Gasteiger partial charge in [0, 0.05) is 43.0 Å². The van der Waals surface area contributed by atoms with Crippen LogP contribution in [0.3, 0.4) is 0 Å². The minimum atomic E-state index is 0. The van der Waals surface area contributed by atoms with Gasteiger partial charge in [0.15, 0.2) is 5.96 Å². The second-order valence-electron chi connectivity index (χ2n) is 7.15. The van der Waals surface area contributed by atoms with Crippen molar-refractivity contribution in [1.29, 1.82) is 0 Å². The van der Waals surface area contributed by atoms with Gasteiger partial charge in [0.05, 0.1) is 19.3 Å². The third-order valence-electron chi connectivity index (χ3n) is 5.50. The smallest absolute Gasteiger partial charge is 0.191 e. The maximum absolute atomic E-state index is 6.52. The van der Waals surface area contributed by atoms with Crippen LogP contribution in [0.15, 0.2) is 29.3 Å². The van der Waals surface area contributed by atoms with Crippen molar-refractivity contribution in [3.05, 3.63) is 34.9 Å². The molecule has 2 aliphatic rings. The molecule has 28 heavy (non-hydrogen) atoms. The number of aliphatic imine (C=N–C) groups is 1. The van der Waals surface area contributed by atoms with Gasteiger partial charge >= 0.3 is 0 Å². The van der Waals surface area contributed by atoms with Crippen molar-refractivity contribution in [3.63, 3.8) is 0 Å². The van der Waals surface area contributed by atoms with E-state index in [0.29, 0.717) is 6.04 Å². The Morgan fingerprint density at radius 1 is 1.32 bits per heavy atom. The third-order valence-corrected chi connectivity index (χ3v) is 6.93. The van der Waals surface area contributed by atoms with Gasteiger partial charge in [-0.05, 0) is 37.1 Å². The normalized spacial score (nSPS) is 24.5. The number of halogens is 2. The monoisotopic (exact) mass is 538 g/mol. The first-order valence-corrected chi connectivity index (χ1v) is 11.4. The lowest BCUT2D eigenvalue weighted by molar-refractivity contribution is 0.0170. The predicted molar refractivity (Wildman–Crippen MR) is 131 cm³/mol. The van der Waals surface area contributed by atoms with E-state index in [-0.39, 0.29) is 30.0 Å². The highest BCUT2D eigenvalue weighted by Crippen LogP contribution is 2.29. The zero-order chi connectivity index (χ0) is 19.1. The molecule has 1 saturated heterocycles. The average molecular weight is 539 g/mol. The second-order valence-corrected chi connectivity index (χ2v) is 8.70. The van der Waals surface area contributed by atoms with Crippen molar-refractivity contribution in [2.45, 2.75) is 36.6 Å². The number of thioether (sulfide) groups is 1. The molecule has 1 aliphatic carbocycles. The molecule has 1 aromatic rings. The van der Waals surface area contributed by atoms with Crippen LogP contribution in [0.5, 0.6) is 0 Å². The number of rotatable bonds is 6. The Balaban J connectivity index is 0.00000280. The molecule has 1 saturated carbocycles. The van der Waals surface area contributed by atoms with Gasteiger partial charge in [0.2, 0.25) is 0 Å². The van der Waals surface area contributed by atoms with Crippen molar-refractivity contribution in [3.8, 4) is 0 Å². The van der Waals surface area contributed by atoms with Crippen molar-refractivity contribution >= 4 is 53.3 Å². The molecule has 8 heteroatoms. The fourth-order valence-electron chi connectivity index (χ4n) is 3.94. The van der Waals surface area contributed by atoms with Gasteiger partial charge in [-0.25, -0.2) is 0 Å². The van der Waals surface area contributed by atoms with E-state index in [1.807, 2.05) is 30.9 Å². The number of benzene rings is 1. The minimum Gasteiger partial charge on any atom is -0.379 e. The maximum atomic E-state index is 6.52. The molecule has 5 nitrogen and oxygen atoms in total. The molecule has 0 aromatic heterocycles. The highest BCUT2D eigenvalue weighted by atomic mass is 127. The third kappa shape index (κ3) is 6.65. The van der Waals surface area contributed by atoms with E-state index >= 15 is 0 Å². The Morgan fingerprint density at radius 2 is 2.07 bits per heavy atom. The topological polar surface area (TPSA) is 48.9 Å². The fourth-order valence-corrected chi connectivity index (χ4v) is 5.00. The zero-order valence-corrected chi connectivity index (χ0v) is 20.6. The number of morpholine rings is 1. The Bertz CT molecular complexity index is 630. The first kappa shape index (κ1) is 24.1. The summed E-state index contributed by atoms with van der Waals surface area (Å²) in [7, 11) is 1.84. The number of ether oxygens (including phenoxy) is 1. The summed E-state index contributed by atoms with van der Waals surface area (Å²) >= 11 is 8.50. The van der Waals surface area contributed by atoms with Crippen molar-refractivity contribution < 1.29 is 4.74 Å². The standard InChI is InChI=1S/C20H31ClN4OS.HI/c1-22-20(24-15-7-8-16(13-15)27-2)23-14-19(25-9-11-26-12-10-25)17-5-3-4-6-18(17)21;/h3-6,15-16,19H,7-14H2,1-2H3,(H2,22,23,24);1H. The molecule has 1 aromatic carbocycles. The average Bonchev–Trinajstić information content (AvgIpc) is 3.17. The summed E-state index contributed by atoms with van der Waals surface area (Å²) in [5, 5.41) is 8.73. The molecular weight excluding hydrogens is 507 g/mol. The van der Waals surface area contributed by atoms with Gasteiger partial charge in [-0.3, -0.25) is 9.89 Å². The molecule has 0 amide bonds. The summed E-state index contributed by atoms with van der Waals surface area (Å²) < 4.78 is 5.54. The Morgan fingerprint density at radius 3 is 2.71 bits per heavy atom. The quantitative estimate of drug-likeness (QED) is 0.328. The maximum Gasteiger partial charge on any atom is 0.191 e. The van der Waals surface area contributed by atoms with Gasteiger partial charge in [0.1, 0.15) is 0 Å². The number of guanidine groups is 1. The molecule has 1 heterocycles. The van der Waals surface area contributed by atoms with Crippen LogP contribution in [0.2, 0.25) is 5.02 Å². The first-order valence-electron chi connectivity index (χ1n) is 9.77. The van der Waals surface area contributed by atoms with Gasteiger partial charge in [-0.2, -0.15) is 11.8 Å². The molecule has 3 unspecified atom stereocenters. The summed E-state index contributed by atoms with van der Waals surface area (Å²) in [5.41, 5.74) is 1.16. The van der Waals surface area contributed by atoms with E-state index < -0.39 is 0 Å². The van der Waals surface area contributed by atoms with Crippen LogP contribution >= 0.6 is 47.3 Å². The van der Waals surface area contributed by atoms with Crippen molar-refractivity contribution in [2.24, 2.45) is 4.99 Å². The molecule has 0 radical (unpaired) electrons. The number of nitrogens with zero attached hydrogens (tertiary/aromatic N) is 2.